The molecule has 0 saturated heterocycles. The molecule has 0 atom stereocenters. The molecule has 12 heteroatoms. The lowest BCUT2D eigenvalue weighted by Gasteiger charge is -2.12. The predicted octanol–water partition coefficient (Wildman–Crippen LogP) is 4.21. The molecule has 1 fully saturated rings. The highest BCUT2D eigenvalue weighted by atomic mass is 35.5. The Morgan fingerprint density at radius 1 is 1.25 bits per heavy atom. The Labute approximate surface area is 209 Å². The molecule has 1 aliphatic carbocycles. The van der Waals surface area contributed by atoms with Gasteiger partial charge in [-0.3, -0.25) is 15.0 Å². The number of aromatic nitrogens is 4. The second-order valence-electron chi connectivity index (χ2n) is 8.37. The van der Waals surface area contributed by atoms with Crippen LogP contribution in [0.15, 0.2) is 48.0 Å². The van der Waals surface area contributed by atoms with Crippen molar-refractivity contribution in [1.29, 1.82) is 5.41 Å². The molecule has 0 radical (unpaired) electrons. The van der Waals surface area contributed by atoms with Gasteiger partial charge in [0.25, 0.3) is 11.8 Å². The van der Waals surface area contributed by atoms with Gasteiger partial charge in [-0.2, -0.15) is 10.2 Å². The molecule has 0 unspecified atom stereocenters. The maximum atomic E-state index is 13.3. The maximum absolute atomic E-state index is 13.3. The Bertz CT molecular complexity index is 1610. The Morgan fingerprint density at radius 3 is 2.89 bits per heavy atom. The number of nitrogens with one attached hydrogen (secondary N) is 4. The lowest BCUT2D eigenvalue weighted by atomic mass is 10.1. The Kier molecular flexibility index (Phi) is 5.19. The summed E-state index contributed by atoms with van der Waals surface area (Å²) in [5, 5.41) is 22.8. The van der Waals surface area contributed by atoms with Gasteiger partial charge in [0.1, 0.15) is 5.82 Å². The van der Waals surface area contributed by atoms with Gasteiger partial charge in [0.05, 0.1) is 58.0 Å². The standard InChI is InChI=1S/C24H18ClN9O2/c25-17-8-13(9-27-21(17)33-29-7-6-26)31-24(36)16-10-30-34(20(16)12-4-5-12)18-11-28-22-19-14(18)2-1-3-15(19)23(35)32-22/h1-3,6-12,26H,4-5H2,(H,27,33)(H,31,36)(H,28,32,35)/b26-6?,29-7-. The van der Waals surface area contributed by atoms with Crippen molar-refractivity contribution in [3.8, 4) is 5.69 Å². The average Bonchev–Trinajstić information content (AvgIpc) is 3.53. The van der Waals surface area contributed by atoms with Crippen molar-refractivity contribution in [3.63, 3.8) is 0 Å². The van der Waals surface area contributed by atoms with Gasteiger partial charge in [-0.05, 0) is 25.0 Å². The molecule has 4 aromatic rings. The van der Waals surface area contributed by atoms with Gasteiger partial charge in [0, 0.05) is 22.9 Å². The predicted molar refractivity (Wildman–Crippen MR) is 137 cm³/mol. The smallest absolute Gasteiger partial charge is 0.259 e. The summed E-state index contributed by atoms with van der Waals surface area (Å²) in [6.45, 7) is 0. The number of amides is 2. The number of pyridine rings is 2. The van der Waals surface area contributed by atoms with E-state index in [1.54, 1.807) is 29.2 Å². The molecular formula is C24H18ClN9O2. The molecule has 6 rings (SSSR count). The molecule has 3 aromatic heterocycles. The number of hydrazone groups is 1. The van der Waals surface area contributed by atoms with Crippen LogP contribution in [0.4, 0.5) is 17.3 Å². The lowest BCUT2D eigenvalue weighted by molar-refractivity contribution is 0.102. The Balaban J connectivity index is 1.34. The molecule has 1 aliphatic heterocycles. The normalized spacial score (nSPS) is 14.3. The Morgan fingerprint density at radius 2 is 2.11 bits per heavy atom. The van der Waals surface area contributed by atoms with Crippen LogP contribution in [0.1, 0.15) is 45.2 Å². The zero-order valence-electron chi connectivity index (χ0n) is 18.6. The van der Waals surface area contributed by atoms with Crippen molar-refractivity contribution in [1.82, 2.24) is 19.7 Å². The van der Waals surface area contributed by atoms with Crippen LogP contribution in [-0.4, -0.2) is 44.0 Å². The second-order valence-corrected chi connectivity index (χ2v) is 8.78. The summed E-state index contributed by atoms with van der Waals surface area (Å²) in [6.07, 6.45) is 8.84. The van der Waals surface area contributed by atoms with E-state index in [-0.39, 0.29) is 22.8 Å². The summed E-state index contributed by atoms with van der Waals surface area (Å²) >= 11 is 6.25. The van der Waals surface area contributed by atoms with Gasteiger partial charge in [-0.25, -0.2) is 14.6 Å². The molecule has 1 aromatic carbocycles. The minimum Gasteiger partial charge on any atom is -0.320 e. The first-order chi connectivity index (χ1) is 17.5. The zero-order chi connectivity index (χ0) is 24.8. The maximum Gasteiger partial charge on any atom is 0.259 e. The molecule has 4 N–H and O–H groups in total. The van der Waals surface area contributed by atoms with Gasteiger partial charge in [-0.1, -0.05) is 23.7 Å². The molecular weight excluding hydrogens is 482 g/mol. The van der Waals surface area contributed by atoms with Crippen molar-refractivity contribution in [2.24, 2.45) is 5.10 Å². The molecule has 2 amide bonds. The number of benzene rings is 1. The monoisotopic (exact) mass is 499 g/mol. The first-order valence-corrected chi connectivity index (χ1v) is 11.5. The number of anilines is 3. The van der Waals surface area contributed by atoms with Crippen molar-refractivity contribution in [2.75, 3.05) is 16.1 Å². The largest absolute Gasteiger partial charge is 0.320 e. The molecule has 0 bridgehead atoms. The summed E-state index contributed by atoms with van der Waals surface area (Å²) < 4.78 is 1.75. The number of halogens is 1. The first kappa shape index (κ1) is 21.9. The van der Waals surface area contributed by atoms with Crippen molar-refractivity contribution >= 4 is 63.9 Å². The van der Waals surface area contributed by atoms with Gasteiger partial charge in [-0.15, -0.1) is 0 Å². The van der Waals surface area contributed by atoms with E-state index in [1.165, 1.54) is 12.4 Å². The van der Waals surface area contributed by atoms with E-state index in [9.17, 15) is 9.59 Å². The number of carbonyl (C=O) groups is 2. The van der Waals surface area contributed by atoms with Crippen LogP contribution in [-0.2, 0) is 0 Å². The fraction of sp³-hybridized carbons (Fsp3) is 0.125. The third kappa shape index (κ3) is 3.66. The number of rotatable bonds is 7. The lowest BCUT2D eigenvalue weighted by Crippen LogP contribution is -2.15. The van der Waals surface area contributed by atoms with Crippen LogP contribution in [0.25, 0.3) is 16.5 Å². The van der Waals surface area contributed by atoms with Crippen molar-refractivity contribution < 1.29 is 9.59 Å². The van der Waals surface area contributed by atoms with Gasteiger partial charge in [0.15, 0.2) is 5.82 Å². The molecule has 1 saturated carbocycles. The summed E-state index contributed by atoms with van der Waals surface area (Å²) in [5.74, 6) is 0.499. The molecule has 36 heavy (non-hydrogen) atoms. The van der Waals surface area contributed by atoms with Gasteiger partial charge < -0.3 is 16.0 Å². The first-order valence-electron chi connectivity index (χ1n) is 11.1. The highest BCUT2D eigenvalue weighted by molar-refractivity contribution is 6.33. The fourth-order valence-corrected chi connectivity index (χ4v) is 4.51. The topological polar surface area (TPSA) is 150 Å². The van der Waals surface area contributed by atoms with E-state index in [0.717, 1.165) is 35.5 Å². The van der Waals surface area contributed by atoms with Crippen LogP contribution in [0, 0.1) is 5.41 Å². The molecule has 178 valence electrons. The third-order valence-electron chi connectivity index (χ3n) is 6.03. The number of hydrogen-bond donors (Lipinski definition) is 4. The molecule has 2 aliphatic rings. The average molecular weight is 500 g/mol. The van der Waals surface area contributed by atoms with Crippen molar-refractivity contribution in [2.45, 2.75) is 18.8 Å². The van der Waals surface area contributed by atoms with E-state index in [4.69, 9.17) is 17.0 Å². The minimum absolute atomic E-state index is 0.182. The fourth-order valence-electron chi connectivity index (χ4n) is 4.31. The zero-order valence-corrected chi connectivity index (χ0v) is 19.4. The molecule has 4 heterocycles. The summed E-state index contributed by atoms with van der Waals surface area (Å²) in [4.78, 5) is 34.2. The van der Waals surface area contributed by atoms with Gasteiger partial charge >= 0.3 is 0 Å². The van der Waals surface area contributed by atoms with Crippen LogP contribution < -0.4 is 16.1 Å². The van der Waals surface area contributed by atoms with Crippen LogP contribution >= 0.6 is 11.6 Å². The second kappa shape index (κ2) is 8.54. The molecule has 11 nitrogen and oxygen atoms in total. The van der Waals surface area contributed by atoms with Crippen molar-refractivity contribution in [3.05, 3.63) is 64.7 Å². The van der Waals surface area contributed by atoms with E-state index < -0.39 is 0 Å². The highest BCUT2D eigenvalue weighted by Gasteiger charge is 2.34. The van der Waals surface area contributed by atoms with Crippen LogP contribution in [0.5, 0.6) is 0 Å². The third-order valence-corrected chi connectivity index (χ3v) is 6.32. The van der Waals surface area contributed by atoms with E-state index in [1.807, 2.05) is 12.1 Å². The van der Waals surface area contributed by atoms with Crippen LogP contribution in [0.2, 0.25) is 5.02 Å². The molecule has 0 spiro atoms. The van der Waals surface area contributed by atoms with E-state index >= 15 is 0 Å². The van der Waals surface area contributed by atoms with Gasteiger partial charge in [0.2, 0.25) is 0 Å². The van der Waals surface area contributed by atoms with Crippen LogP contribution in [0.3, 0.4) is 0 Å². The quantitative estimate of drug-likeness (QED) is 0.221. The number of carbonyl (C=O) groups excluding carboxylic acids is 2. The summed E-state index contributed by atoms with van der Waals surface area (Å²) in [6, 6.07) is 7.08. The Hall–Kier alpha value is -4.64. The summed E-state index contributed by atoms with van der Waals surface area (Å²) in [5.41, 5.74) is 5.56. The highest BCUT2D eigenvalue weighted by Crippen LogP contribution is 2.44. The van der Waals surface area contributed by atoms with E-state index in [0.29, 0.717) is 34.1 Å². The number of hydrogen-bond acceptors (Lipinski definition) is 8. The SMILES string of the molecule is N=C/C=N\Nc1ncc(NC(=O)c2cnn(-c3cnc4c5c(cccc35)C(=O)N4)c2C2CC2)cc1Cl. The minimum atomic E-state index is -0.334. The summed E-state index contributed by atoms with van der Waals surface area (Å²) in [7, 11) is 0. The van der Waals surface area contributed by atoms with E-state index in [2.05, 4.69) is 36.2 Å². The number of nitrogens with zero attached hydrogens (tertiary/aromatic N) is 5.